The second-order valence-corrected chi connectivity index (χ2v) is 6.38. The van der Waals surface area contributed by atoms with Gasteiger partial charge in [-0.1, -0.05) is 42.5 Å². The third-order valence-electron chi connectivity index (χ3n) is 3.50. The van der Waals surface area contributed by atoms with E-state index in [1.54, 1.807) is 24.2 Å². The molecule has 0 atom stereocenters. The highest BCUT2D eigenvalue weighted by Crippen LogP contribution is 2.19. The topological polar surface area (TPSA) is 42.0 Å². The number of carbonyl (C=O) groups is 1. The molecule has 0 unspecified atom stereocenters. The summed E-state index contributed by atoms with van der Waals surface area (Å²) >= 11 is 1.78. The molecule has 3 aromatic rings. The number of benzene rings is 2. The van der Waals surface area contributed by atoms with Crippen LogP contribution in [-0.4, -0.2) is 16.6 Å². The van der Waals surface area contributed by atoms with Crippen molar-refractivity contribution >= 4 is 34.1 Å². The van der Waals surface area contributed by atoms with Crippen LogP contribution in [0.4, 0.5) is 5.69 Å². The first kappa shape index (κ1) is 15.6. The normalized spacial score (nSPS) is 10.6. The number of amides is 1. The number of aromatic nitrogens is 1. The van der Waals surface area contributed by atoms with E-state index in [0.717, 1.165) is 17.2 Å². The van der Waals surface area contributed by atoms with Gasteiger partial charge in [-0.3, -0.25) is 9.78 Å². The average molecular weight is 322 g/mol. The van der Waals surface area contributed by atoms with Crippen molar-refractivity contribution in [3.63, 3.8) is 0 Å². The Morgan fingerprint density at radius 3 is 2.74 bits per heavy atom. The van der Waals surface area contributed by atoms with Crippen molar-refractivity contribution in [3.8, 4) is 0 Å². The zero-order chi connectivity index (χ0) is 15.9. The molecule has 23 heavy (non-hydrogen) atoms. The largest absolute Gasteiger partial charge is 0.325 e. The number of fused-ring (bicyclic) bond motifs is 1. The van der Waals surface area contributed by atoms with Crippen LogP contribution in [0.25, 0.3) is 10.8 Å². The Hall–Kier alpha value is -2.33. The van der Waals surface area contributed by atoms with Crippen molar-refractivity contribution in [2.75, 3.05) is 11.1 Å². The van der Waals surface area contributed by atoms with Crippen LogP contribution in [0.2, 0.25) is 0 Å². The van der Waals surface area contributed by atoms with Gasteiger partial charge in [0.05, 0.1) is 11.9 Å². The average Bonchev–Trinajstić information content (AvgIpc) is 2.59. The Kier molecular flexibility index (Phi) is 5.27. The lowest BCUT2D eigenvalue weighted by Gasteiger charge is -2.05. The summed E-state index contributed by atoms with van der Waals surface area (Å²) in [6.07, 6.45) is 3.85. The number of nitrogens with one attached hydrogen (secondary N) is 1. The molecule has 1 heterocycles. The lowest BCUT2D eigenvalue weighted by atomic mass is 10.1. The Balaban J connectivity index is 1.44. The molecule has 0 aliphatic rings. The maximum absolute atomic E-state index is 11.8. The van der Waals surface area contributed by atoms with Crippen molar-refractivity contribution in [3.05, 3.63) is 72.6 Å². The van der Waals surface area contributed by atoms with Crippen LogP contribution in [0.5, 0.6) is 0 Å². The van der Waals surface area contributed by atoms with Crippen LogP contribution in [-0.2, 0) is 10.5 Å². The minimum atomic E-state index is 0.0315. The van der Waals surface area contributed by atoms with Gasteiger partial charge in [-0.25, -0.2) is 0 Å². The molecule has 0 saturated heterocycles. The van der Waals surface area contributed by atoms with Gasteiger partial charge in [0.25, 0.3) is 0 Å². The first-order valence-corrected chi connectivity index (χ1v) is 8.72. The predicted molar refractivity (Wildman–Crippen MR) is 97.6 cm³/mol. The van der Waals surface area contributed by atoms with E-state index in [1.165, 1.54) is 16.3 Å². The van der Waals surface area contributed by atoms with Crippen molar-refractivity contribution in [2.24, 2.45) is 0 Å². The third-order valence-corrected chi connectivity index (χ3v) is 4.53. The van der Waals surface area contributed by atoms with E-state index < -0.39 is 0 Å². The Morgan fingerprint density at radius 1 is 1.04 bits per heavy atom. The third kappa shape index (κ3) is 4.57. The molecule has 116 valence electrons. The number of carbonyl (C=O) groups excluding carboxylic acids is 1. The number of pyridine rings is 1. The Bertz CT molecular complexity index is 789. The van der Waals surface area contributed by atoms with E-state index in [0.29, 0.717) is 6.42 Å². The fourth-order valence-corrected chi connectivity index (χ4v) is 3.23. The summed E-state index contributed by atoms with van der Waals surface area (Å²) in [7, 11) is 0. The minimum Gasteiger partial charge on any atom is -0.325 e. The number of rotatable bonds is 6. The Labute approximate surface area is 140 Å². The van der Waals surface area contributed by atoms with Gasteiger partial charge in [-0.15, -0.1) is 0 Å². The fraction of sp³-hybridized carbons (Fsp3) is 0.158. The van der Waals surface area contributed by atoms with Crippen molar-refractivity contribution in [2.45, 2.75) is 12.2 Å². The van der Waals surface area contributed by atoms with Crippen molar-refractivity contribution in [1.29, 1.82) is 0 Å². The summed E-state index contributed by atoms with van der Waals surface area (Å²) in [5.41, 5.74) is 2.04. The lowest BCUT2D eigenvalue weighted by Crippen LogP contribution is -2.12. The Morgan fingerprint density at radius 2 is 1.91 bits per heavy atom. The molecule has 0 bridgehead atoms. The minimum absolute atomic E-state index is 0.0315. The molecule has 3 rings (SSSR count). The van der Waals surface area contributed by atoms with E-state index in [4.69, 9.17) is 0 Å². The van der Waals surface area contributed by atoms with Gasteiger partial charge in [0, 0.05) is 24.1 Å². The molecule has 0 fully saturated rings. The van der Waals surface area contributed by atoms with E-state index in [1.807, 2.05) is 12.1 Å². The molecule has 0 saturated carbocycles. The van der Waals surface area contributed by atoms with Gasteiger partial charge in [-0.05, 0) is 28.5 Å². The van der Waals surface area contributed by atoms with Gasteiger partial charge in [-0.2, -0.15) is 11.8 Å². The molecule has 2 aromatic carbocycles. The molecule has 1 N–H and O–H groups in total. The molecular weight excluding hydrogens is 304 g/mol. The second kappa shape index (κ2) is 7.79. The standard InChI is InChI=1S/C19H18N2OS/c22-19(21-18-6-3-10-20-13-18)9-11-23-14-15-7-8-16-4-1-2-5-17(16)12-15/h1-8,10,12-13H,9,11,14H2,(H,21,22). The summed E-state index contributed by atoms with van der Waals surface area (Å²) in [4.78, 5) is 15.8. The molecule has 0 radical (unpaired) electrons. The number of nitrogens with zero attached hydrogens (tertiary/aromatic N) is 1. The smallest absolute Gasteiger partial charge is 0.225 e. The molecule has 4 heteroatoms. The number of hydrogen-bond donors (Lipinski definition) is 1. The molecule has 1 aromatic heterocycles. The highest BCUT2D eigenvalue weighted by molar-refractivity contribution is 7.98. The van der Waals surface area contributed by atoms with E-state index in [9.17, 15) is 4.79 Å². The van der Waals surface area contributed by atoms with Gasteiger partial charge in [0.2, 0.25) is 5.91 Å². The molecule has 3 nitrogen and oxygen atoms in total. The van der Waals surface area contributed by atoms with Gasteiger partial charge >= 0.3 is 0 Å². The zero-order valence-electron chi connectivity index (χ0n) is 12.7. The highest BCUT2D eigenvalue weighted by atomic mass is 32.2. The predicted octanol–water partition coefficient (Wildman–Crippen LogP) is 4.50. The summed E-state index contributed by atoms with van der Waals surface area (Å²) in [6, 6.07) is 18.5. The summed E-state index contributed by atoms with van der Waals surface area (Å²) < 4.78 is 0. The molecule has 0 aliphatic heterocycles. The molecule has 0 aliphatic carbocycles. The molecule has 0 spiro atoms. The fourth-order valence-electron chi connectivity index (χ4n) is 2.34. The van der Waals surface area contributed by atoms with Crippen LogP contribution < -0.4 is 5.32 Å². The number of hydrogen-bond acceptors (Lipinski definition) is 3. The summed E-state index contributed by atoms with van der Waals surface area (Å²) in [5, 5.41) is 5.38. The molecule has 1 amide bonds. The van der Waals surface area contributed by atoms with Crippen LogP contribution in [0.15, 0.2) is 67.0 Å². The SMILES string of the molecule is O=C(CCSCc1ccc2ccccc2c1)Nc1cccnc1. The van der Waals surface area contributed by atoms with Crippen LogP contribution in [0.3, 0.4) is 0 Å². The van der Waals surface area contributed by atoms with Gasteiger partial charge < -0.3 is 5.32 Å². The second-order valence-electron chi connectivity index (χ2n) is 5.27. The quantitative estimate of drug-likeness (QED) is 0.680. The maximum atomic E-state index is 11.8. The summed E-state index contributed by atoms with van der Waals surface area (Å²) in [6.45, 7) is 0. The number of thioether (sulfide) groups is 1. The van der Waals surface area contributed by atoms with Crippen molar-refractivity contribution < 1.29 is 4.79 Å². The number of anilines is 1. The van der Waals surface area contributed by atoms with Gasteiger partial charge in [0.15, 0.2) is 0 Å². The van der Waals surface area contributed by atoms with Crippen LogP contribution in [0.1, 0.15) is 12.0 Å². The van der Waals surface area contributed by atoms with Crippen LogP contribution >= 0.6 is 11.8 Å². The van der Waals surface area contributed by atoms with Crippen LogP contribution in [0, 0.1) is 0 Å². The van der Waals surface area contributed by atoms with E-state index in [2.05, 4.69) is 52.8 Å². The summed E-state index contributed by atoms with van der Waals surface area (Å²) in [5.74, 6) is 1.76. The first-order chi connectivity index (χ1) is 11.3. The zero-order valence-corrected chi connectivity index (χ0v) is 13.6. The first-order valence-electron chi connectivity index (χ1n) is 7.56. The van der Waals surface area contributed by atoms with E-state index >= 15 is 0 Å². The monoisotopic (exact) mass is 322 g/mol. The van der Waals surface area contributed by atoms with Gasteiger partial charge in [0.1, 0.15) is 0 Å². The maximum Gasteiger partial charge on any atom is 0.225 e. The highest BCUT2D eigenvalue weighted by Gasteiger charge is 2.03. The molecular formula is C19H18N2OS. The lowest BCUT2D eigenvalue weighted by molar-refractivity contribution is -0.115. The van der Waals surface area contributed by atoms with Crippen molar-refractivity contribution in [1.82, 2.24) is 4.98 Å². The van der Waals surface area contributed by atoms with E-state index in [-0.39, 0.29) is 5.91 Å².